The van der Waals surface area contributed by atoms with Crippen molar-refractivity contribution in [3.8, 4) is 5.75 Å². The van der Waals surface area contributed by atoms with Crippen LogP contribution in [-0.4, -0.2) is 56.7 Å². The highest BCUT2D eigenvalue weighted by molar-refractivity contribution is 7.89. The van der Waals surface area contributed by atoms with Crippen molar-refractivity contribution in [2.24, 2.45) is 0 Å². The maximum absolute atomic E-state index is 13.0. The molecule has 0 saturated carbocycles. The summed E-state index contributed by atoms with van der Waals surface area (Å²) in [7, 11) is -2.99. The zero-order chi connectivity index (χ0) is 18.1. The van der Waals surface area contributed by atoms with Gasteiger partial charge in [0, 0.05) is 19.7 Å². The monoisotopic (exact) mass is 369 g/mol. The van der Waals surface area contributed by atoms with Crippen molar-refractivity contribution in [1.82, 2.24) is 4.31 Å². The van der Waals surface area contributed by atoms with Gasteiger partial charge in [0.05, 0.1) is 23.2 Å². The van der Waals surface area contributed by atoms with Crippen molar-refractivity contribution in [3.63, 3.8) is 0 Å². The average Bonchev–Trinajstić information content (AvgIpc) is 3.27. The molecule has 0 aliphatic carbocycles. The van der Waals surface area contributed by atoms with Gasteiger partial charge in [-0.2, -0.15) is 17.5 Å². The van der Waals surface area contributed by atoms with Crippen LogP contribution < -0.4 is 4.74 Å². The van der Waals surface area contributed by atoms with E-state index in [9.17, 15) is 26.4 Å². The Bertz CT molecular complexity index is 730. The van der Waals surface area contributed by atoms with E-state index < -0.39 is 45.0 Å². The topological polar surface area (TPSA) is 96.4 Å². The van der Waals surface area contributed by atoms with Gasteiger partial charge >= 0.3 is 12.1 Å². The lowest BCUT2D eigenvalue weighted by molar-refractivity contribution is -0.139. The van der Waals surface area contributed by atoms with E-state index in [0.717, 1.165) is 10.4 Å². The smallest absolute Gasteiger partial charge is 0.416 e. The number of epoxide rings is 1. The number of ether oxygens (including phenoxy) is 2. The van der Waals surface area contributed by atoms with Crippen LogP contribution in [0.3, 0.4) is 0 Å². The first-order valence-electron chi connectivity index (χ1n) is 6.65. The predicted molar refractivity (Wildman–Crippen MR) is 74.1 cm³/mol. The van der Waals surface area contributed by atoms with Crippen LogP contribution in [0.2, 0.25) is 0 Å². The quantitative estimate of drug-likeness (QED) is 0.726. The second-order valence-electron chi connectivity index (χ2n) is 5.11. The fourth-order valence-electron chi connectivity index (χ4n) is 1.85. The number of sulfonamides is 1. The molecule has 1 unspecified atom stereocenters. The highest BCUT2D eigenvalue weighted by Crippen LogP contribution is 2.34. The van der Waals surface area contributed by atoms with Gasteiger partial charge < -0.3 is 14.6 Å². The van der Waals surface area contributed by atoms with E-state index in [4.69, 9.17) is 14.6 Å². The van der Waals surface area contributed by atoms with E-state index in [1.807, 2.05) is 0 Å². The SMILES string of the molecule is CN(CC1CO1)S(=O)(=O)c1cc(OCC(=O)O)cc(C(F)(F)F)c1. The number of rotatable bonds is 7. The molecule has 1 aromatic carbocycles. The fraction of sp³-hybridized carbons (Fsp3) is 0.462. The average molecular weight is 369 g/mol. The number of hydrogen-bond donors (Lipinski definition) is 1. The lowest BCUT2D eigenvalue weighted by Crippen LogP contribution is -2.30. The highest BCUT2D eigenvalue weighted by Gasteiger charge is 2.35. The molecule has 0 aromatic heterocycles. The third-order valence-corrected chi connectivity index (χ3v) is 4.94. The van der Waals surface area contributed by atoms with Gasteiger partial charge in [0.2, 0.25) is 10.0 Å². The molecule has 1 saturated heterocycles. The van der Waals surface area contributed by atoms with Gasteiger partial charge in [0.25, 0.3) is 0 Å². The van der Waals surface area contributed by atoms with E-state index in [-0.39, 0.29) is 12.6 Å². The Morgan fingerprint density at radius 1 is 1.42 bits per heavy atom. The molecule has 0 spiro atoms. The Hall–Kier alpha value is -1.85. The van der Waals surface area contributed by atoms with Crippen LogP contribution >= 0.6 is 0 Å². The molecule has 7 nitrogen and oxygen atoms in total. The van der Waals surface area contributed by atoms with E-state index in [0.29, 0.717) is 18.7 Å². The molecule has 1 atom stereocenters. The van der Waals surface area contributed by atoms with Crippen molar-refractivity contribution in [2.75, 3.05) is 26.8 Å². The predicted octanol–water partition coefficient (Wildman–Crippen LogP) is 1.19. The van der Waals surface area contributed by atoms with E-state index in [2.05, 4.69) is 0 Å². The molecule has 0 amide bonds. The number of nitrogens with zero attached hydrogens (tertiary/aromatic N) is 1. The molecule has 1 fully saturated rings. The normalized spacial score (nSPS) is 17.8. The van der Waals surface area contributed by atoms with Crippen LogP contribution in [0.5, 0.6) is 5.75 Å². The van der Waals surface area contributed by atoms with Crippen LogP contribution in [0.15, 0.2) is 23.1 Å². The van der Waals surface area contributed by atoms with Gasteiger partial charge in [-0.15, -0.1) is 0 Å². The third-order valence-electron chi connectivity index (χ3n) is 3.14. The summed E-state index contributed by atoms with van der Waals surface area (Å²) in [6.07, 6.45) is -5.09. The first-order chi connectivity index (χ1) is 11.0. The van der Waals surface area contributed by atoms with Gasteiger partial charge in [-0.25, -0.2) is 13.2 Å². The zero-order valence-corrected chi connectivity index (χ0v) is 13.2. The van der Waals surface area contributed by atoms with Crippen molar-refractivity contribution < 1.29 is 41.0 Å². The molecule has 11 heteroatoms. The first-order valence-corrected chi connectivity index (χ1v) is 8.09. The van der Waals surface area contributed by atoms with Crippen LogP contribution in [0.4, 0.5) is 13.2 Å². The Kier molecular flexibility index (Phi) is 5.06. The summed E-state index contributed by atoms with van der Waals surface area (Å²) in [6, 6.07) is 1.89. The second kappa shape index (κ2) is 6.57. The minimum Gasteiger partial charge on any atom is -0.482 e. The molecule has 134 valence electrons. The summed E-state index contributed by atoms with van der Waals surface area (Å²) in [4.78, 5) is 9.85. The Morgan fingerprint density at radius 3 is 2.54 bits per heavy atom. The standard InChI is InChI=1S/C13H14F3NO6S/c1-17(5-10-6-22-10)24(20,21)11-3-8(13(14,15)16)2-9(4-11)23-7-12(18)19/h2-4,10H,5-7H2,1H3,(H,18,19). The van der Waals surface area contributed by atoms with Crippen molar-refractivity contribution in [1.29, 1.82) is 0 Å². The third kappa shape index (κ3) is 4.58. The van der Waals surface area contributed by atoms with Crippen molar-refractivity contribution >= 4 is 16.0 Å². The maximum Gasteiger partial charge on any atom is 0.416 e. The number of aliphatic carboxylic acids is 1. The van der Waals surface area contributed by atoms with Gasteiger partial charge in [0.15, 0.2) is 6.61 Å². The fourth-order valence-corrected chi connectivity index (χ4v) is 3.11. The molecule has 1 N–H and O–H groups in total. The van der Waals surface area contributed by atoms with Gasteiger partial charge in [-0.3, -0.25) is 0 Å². The number of likely N-dealkylation sites (N-methyl/N-ethyl adjacent to an activating group) is 1. The first kappa shape index (κ1) is 18.5. The minimum absolute atomic E-state index is 0.00386. The number of carboxylic acid groups (broad SMARTS) is 1. The Morgan fingerprint density at radius 2 is 2.04 bits per heavy atom. The summed E-state index contributed by atoms with van der Waals surface area (Å²) in [6.45, 7) is -0.508. The molecule has 1 heterocycles. The summed E-state index contributed by atoms with van der Waals surface area (Å²) >= 11 is 0. The van der Waals surface area contributed by atoms with Gasteiger partial charge in [-0.1, -0.05) is 0 Å². The molecule has 1 aromatic rings. The van der Waals surface area contributed by atoms with Crippen LogP contribution in [0.25, 0.3) is 0 Å². The largest absolute Gasteiger partial charge is 0.482 e. The molecule has 1 aliphatic rings. The van der Waals surface area contributed by atoms with Gasteiger partial charge in [-0.05, 0) is 12.1 Å². The lowest BCUT2D eigenvalue weighted by atomic mass is 10.2. The number of benzene rings is 1. The van der Waals surface area contributed by atoms with Crippen molar-refractivity contribution in [2.45, 2.75) is 17.2 Å². The van der Waals surface area contributed by atoms with Crippen LogP contribution in [0.1, 0.15) is 5.56 Å². The Labute approximate surface area is 135 Å². The number of hydrogen-bond acceptors (Lipinski definition) is 5. The van der Waals surface area contributed by atoms with Gasteiger partial charge in [0.1, 0.15) is 5.75 Å². The maximum atomic E-state index is 13.0. The highest BCUT2D eigenvalue weighted by atomic mass is 32.2. The Balaban J connectivity index is 2.39. The molecule has 0 radical (unpaired) electrons. The minimum atomic E-state index is -4.81. The molecule has 0 bridgehead atoms. The molecule has 2 rings (SSSR count). The number of carboxylic acids is 1. The van der Waals surface area contributed by atoms with Crippen LogP contribution in [-0.2, 0) is 25.7 Å². The molecular formula is C13H14F3NO6S. The lowest BCUT2D eigenvalue weighted by Gasteiger charge is -2.18. The van der Waals surface area contributed by atoms with E-state index in [1.54, 1.807) is 0 Å². The summed E-state index contributed by atoms with van der Waals surface area (Å²) in [5.41, 5.74) is -1.25. The number of carbonyl (C=O) groups is 1. The van der Waals surface area contributed by atoms with Crippen molar-refractivity contribution in [3.05, 3.63) is 23.8 Å². The summed E-state index contributed by atoms with van der Waals surface area (Å²) in [5, 5.41) is 8.54. The molecular weight excluding hydrogens is 355 g/mol. The second-order valence-corrected chi connectivity index (χ2v) is 7.16. The van der Waals surface area contributed by atoms with E-state index in [1.165, 1.54) is 7.05 Å². The molecule has 24 heavy (non-hydrogen) atoms. The summed E-state index contributed by atoms with van der Waals surface area (Å²) in [5.74, 6) is -1.90. The summed E-state index contributed by atoms with van der Waals surface area (Å²) < 4.78 is 74.1. The van der Waals surface area contributed by atoms with Crippen LogP contribution in [0, 0.1) is 0 Å². The number of halogens is 3. The van der Waals surface area contributed by atoms with E-state index >= 15 is 0 Å². The number of alkyl halides is 3. The zero-order valence-electron chi connectivity index (χ0n) is 12.4. The molecule has 1 aliphatic heterocycles.